The van der Waals surface area contributed by atoms with Crippen molar-refractivity contribution in [3.05, 3.63) is 40.4 Å². The van der Waals surface area contributed by atoms with Gasteiger partial charge in [0.15, 0.2) is 5.13 Å². The lowest BCUT2D eigenvalue weighted by molar-refractivity contribution is 0.929. The molecule has 2 rings (SSSR count). The van der Waals surface area contributed by atoms with Gasteiger partial charge in [0.1, 0.15) is 0 Å². The van der Waals surface area contributed by atoms with Crippen LogP contribution in [-0.2, 0) is 6.54 Å². The predicted octanol–water partition coefficient (Wildman–Crippen LogP) is 2.98. The lowest BCUT2D eigenvalue weighted by Gasteiger charge is -2.21. The lowest BCUT2D eigenvalue weighted by atomic mass is 10.1. The first-order valence-electron chi connectivity index (χ1n) is 5.55. The minimum absolute atomic E-state index is 0.634. The number of rotatable bonds is 3. The molecule has 1 aromatic heterocycles. The Labute approximate surface area is 106 Å². The van der Waals surface area contributed by atoms with Crippen LogP contribution in [0.3, 0.4) is 0 Å². The Kier molecular flexibility index (Phi) is 3.33. The zero-order chi connectivity index (χ0) is 12.4. The quantitative estimate of drug-likeness (QED) is 0.906. The Hall–Kier alpha value is -1.55. The maximum Gasteiger partial charge on any atom is 0.180 e. The summed E-state index contributed by atoms with van der Waals surface area (Å²) in [7, 11) is 2.09. The largest absolute Gasteiger partial charge is 0.375 e. The molecule has 0 fully saturated rings. The second kappa shape index (κ2) is 4.75. The molecule has 1 heterocycles. The molecule has 1 aromatic carbocycles. The van der Waals surface area contributed by atoms with Crippen molar-refractivity contribution < 1.29 is 0 Å². The second-order valence-corrected chi connectivity index (χ2v) is 5.46. The lowest BCUT2D eigenvalue weighted by Crippen LogP contribution is -2.16. The first-order chi connectivity index (χ1) is 8.06. The van der Waals surface area contributed by atoms with E-state index in [0.29, 0.717) is 5.13 Å². The van der Waals surface area contributed by atoms with Gasteiger partial charge in [0.25, 0.3) is 0 Å². The van der Waals surface area contributed by atoms with Crippen LogP contribution in [0.25, 0.3) is 0 Å². The normalized spacial score (nSPS) is 10.5. The van der Waals surface area contributed by atoms with Crippen LogP contribution in [0.4, 0.5) is 10.8 Å². The third-order valence-electron chi connectivity index (χ3n) is 2.74. The standard InChI is InChI=1S/C13H17N3S/c1-9-4-5-10(2)12(6-9)16(3)8-11-7-15-13(14)17-11/h4-7H,8H2,1-3H3,(H2,14,15). The van der Waals surface area contributed by atoms with E-state index in [1.54, 1.807) is 11.3 Å². The second-order valence-electron chi connectivity index (χ2n) is 4.31. The fraction of sp³-hybridized carbons (Fsp3) is 0.308. The van der Waals surface area contributed by atoms with Crippen molar-refractivity contribution in [2.45, 2.75) is 20.4 Å². The Morgan fingerprint density at radius 2 is 2.12 bits per heavy atom. The maximum absolute atomic E-state index is 5.64. The van der Waals surface area contributed by atoms with Gasteiger partial charge in [-0.3, -0.25) is 0 Å². The Bertz CT molecular complexity index is 519. The van der Waals surface area contributed by atoms with Gasteiger partial charge in [0.05, 0.1) is 6.54 Å². The summed E-state index contributed by atoms with van der Waals surface area (Å²) in [6.07, 6.45) is 1.85. The van der Waals surface area contributed by atoms with Gasteiger partial charge >= 0.3 is 0 Å². The van der Waals surface area contributed by atoms with Crippen molar-refractivity contribution in [1.29, 1.82) is 0 Å². The minimum atomic E-state index is 0.634. The highest BCUT2D eigenvalue weighted by Gasteiger charge is 2.07. The topological polar surface area (TPSA) is 42.2 Å². The van der Waals surface area contributed by atoms with Gasteiger partial charge in [-0.2, -0.15) is 0 Å². The Morgan fingerprint density at radius 1 is 1.35 bits per heavy atom. The Balaban J connectivity index is 2.19. The van der Waals surface area contributed by atoms with E-state index in [1.807, 2.05) is 6.20 Å². The summed E-state index contributed by atoms with van der Waals surface area (Å²) >= 11 is 1.55. The van der Waals surface area contributed by atoms with Gasteiger partial charge < -0.3 is 10.6 Å². The van der Waals surface area contributed by atoms with Gasteiger partial charge in [0.2, 0.25) is 0 Å². The molecule has 0 aliphatic heterocycles. The number of aryl methyl sites for hydroxylation is 2. The molecule has 0 spiro atoms. The van der Waals surface area contributed by atoms with E-state index < -0.39 is 0 Å². The third kappa shape index (κ3) is 2.77. The molecule has 0 saturated carbocycles. The Morgan fingerprint density at radius 3 is 2.76 bits per heavy atom. The number of nitrogen functional groups attached to an aromatic ring is 1. The van der Waals surface area contributed by atoms with E-state index >= 15 is 0 Å². The van der Waals surface area contributed by atoms with Crippen molar-refractivity contribution >= 4 is 22.2 Å². The molecule has 0 saturated heterocycles. The van der Waals surface area contributed by atoms with Crippen LogP contribution < -0.4 is 10.6 Å². The van der Waals surface area contributed by atoms with E-state index in [2.05, 4.69) is 49.0 Å². The van der Waals surface area contributed by atoms with Gasteiger partial charge in [-0.15, -0.1) is 11.3 Å². The summed E-state index contributed by atoms with van der Waals surface area (Å²) in [4.78, 5) is 7.49. The van der Waals surface area contributed by atoms with Crippen LogP contribution in [0.1, 0.15) is 16.0 Å². The summed E-state index contributed by atoms with van der Waals surface area (Å²) in [5, 5.41) is 0.634. The van der Waals surface area contributed by atoms with E-state index in [9.17, 15) is 0 Å². The van der Waals surface area contributed by atoms with E-state index in [1.165, 1.54) is 21.7 Å². The van der Waals surface area contributed by atoms with E-state index in [-0.39, 0.29) is 0 Å². The number of benzene rings is 1. The molecule has 90 valence electrons. The number of thiazole rings is 1. The van der Waals surface area contributed by atoms with Gasteiger partial charge in [-0.05, 0) is 31.0 Å². The van der Waals surface area contributed by atoms with E-state index in [4.69, 9.17) is 5.73 Å². The molecular weight excluding hydrogens is 230 g/mol. The molecule has 17 heavy (non-hydrogen) atoms. The molecule has 0 bridgehead atoms. The third-order valence-corrected chi connectivity index (χ3v) is 3.55. The smallest absolute Gasteiger partial charge is 0.180 e. The summed E-state index contributed by atoms with van der Waals surface area (Å²) < 4.78 is 0. The summed E-state index contributed by atoms with van der Waals surface area (Å²) in [5.74, 6) is 0. The molecule has 4 heteroatoms. The number of hydrogen-bond donors (Lipinski definition) is 1. The van der Waals surface area contributed by atoms with Crippen molar-refractivity contribution in [2.24, 2.45) is 0 Å². The monoisotopic (exact) mass is 247 g/mol. The van der Waals surface area contributed by atoms with E-state index in [0.717, 1.165) is 6.54 Å². The first kappa shape index (κ1) is 11.9. The molecule has 0 radical (unpaired) electrons. The van der Waals surface area contributed by atoms with Crippen molar-refractivity contribution in [1.82, 2.24) is 4.98 Å². The van der Waals surface area contributed by atoms with Crippen molar-refractivity contribution in [2.75, 3.05) is 17.7 Å². The number of hydrogen-bond acceptors (Lipinski definition) is 4. The molecule has 0 unspecified atom stereocenters. The highest BCUT2D eigenvalue weighted by Crippen LogP contribution is 2.24. The first-order valence-corrected chi connectivity index (χ1v) is 6.36. The van der Waals surface area contributed by atoms with Gasteiger partial charge in [-0.25, -0.2) is 4.98 Å². The maximum atomic E-state index is 5.64. The molecular formula is C13H17N3S. The fourth-order valence-corrected chi connectivity index (χ4v) is 2.58. The number of nitrogens with zero attached hydrogens (tertiary/aromatic N) is 2. The van der Waals surface area contributed by atoms with Crippen LogP contribution in [0.2, 0.25) is 0 Å². The number of aromatic nitrogens is 1. The minimum Gasteiger partial charge on any atom is -0.375 e. The summed E-state index contributed by atoms with van der Waals surface area (Å²) in [6, 6.07) is 6.50. The van der Waals surface area contributed by atoms with Crippen LogP contribution in [0.5, 0.6) is 0 Å². The molecule has 2 N–H and O–H groups in total. The van der Waals surface area contributed by atoms with Gasteiger partial charge in [-0.1, -0.05) is 12.1 Å². The SMILES string of the molecule is Cc1ccc(C)c(N(C)Cc2cnc(N)s2)c1. The van der Waals surface area contributed by atoms with Crippen LogP contribution >= 0.6 is 11.3 Å². The molecule has 0 aliphatic carbocycles. The molecule has 0 atom stereocenters. The molecule has 0 aliphatic rings. The van der Waals surface area contributed by atoms with Gasteiger partial charge in [0, 0.05) is 23.8 Å². The average molecular weight is 247 g/mol. The van der Waals surface area contributed by atoms with Crippen LogP contribution in [-0.4, -0.2) is 12.0 Å². The van der Waals surface area contributed by atoms with Crippen LogP contribution in [0.15, 0.2) is 24.4 Å². The summed E-state index contributed by atoms with van der Waals surface area (Å²) in [5.41, 5.74) is 9.46. The predicted molar refractivity (Wildman–Crippen MR) is 74.5 cm³/mol. The highest BCUT2D eigenvalue weighted by molar-refractivity contribution is 7.15. The highest BCUT2D eigenvalue weighted by atomic mass is 32.1. The average Bonchev–Trinajstić information content (AvgIpc) is 2.67. The van der Waals surface area contributed by atoms with Crippen molar-refractivity contribution in [3.63, 3.8) is 0 Å². The summed E-state index contributed by atoms with van der Waals surface area (Å²) in [6.45, 7) is 5.09. The zero-order valence-corrected chi connectivity index (χ0v) is 11.2. The van der Waals surface area contributed by atoms with Crippen molar-refractivity contribution in [3.8, 4) is 0 Å². The zero-order valence-electron chi connectivity index (χ0n) is 10.4. The molecule has 2 aromatic rings. The fourth-order valence-electron chi connectivity index (χ4n) is 1.85. The van der Waals surface area contributed by atoms with Crippen LogP contribution in [0, 0.1) is 13.8 Å². The molecule has 0 amide bonds. The molecule has 3 nitrogen and oxygen atoms in total. The number of nitrogens with two attached hydrogens (primary N) is 1. The number of anilines is 2.